The third-order valence-corrected chi connectivity index (χ3v) is 6.23. The number of amides is 1. The molecule has 1 amide bonds. The van der Waals surface area contributed by atoms with Crippen LogP contribution in [-0.4, -0.2) is 56.6 Å². The van der Waals surface area contributed by atoms with Crippen LogP contribution in [0.3, 0.4) is 0 Å². The molecule has 2 aromatic rings. The maximum Gasteiger partial charge on any atom is 0.253 e. The van der Waals surface area contributed by atoms with Crippen molar-refractivity contribution in [2.24, 2.45) is 0 Å². The van der Waals surface area contributed by atoms with Crippen molar-refractivity contribution < 1.29 is 13.2 Å². The van der Waals surface area contributed by atoms with Crippen LogP contribution in [0, 0.1) is 13.8 Å². The summed E-state index contributed by atoms with van der Waals surface area (Å²) in [6, 6.07) is 9.27. The van der Waals surface area contributed by atoms with Crippen LogP contribution in [0.1, 0.15) is 40.9 Å². The summed E-state index contributed by atoms with van der Waals surface area (Å²) in [4.78, 5) is 21.6. The molecule has 1 aliphatic rings. The summed E-state index contributed by atoms with van der Waals surface area (Å²) in [5, 5.41) is 0. The number of piperazine rings is 1. The lowest BCUT2D eigenvalue weighted by molar-refractivity contribution is 0.0746. The Bertz CT molecular complexity index is 1020. The Labute approximate surface area is 179 Å². The van der Waals surface area contributed by atoms with Crippen molar-refractivity contribution >= 4 is 21.7 Å². The van der Waals surface area contributed by atoms with E-state index in [1.165, 1.54) is 0 Å². The van der Waals surface area contributed by atoms with Gasteiger partial charge in [-0.2, -0.15) is 0 Å². The molecule has 0 aliphatic carbocycles. The number of nitrogens with one attached hydrogen (secondary N) is 1. The standard InChI is InChI=1S/C22H30N4O3S/c1-16-14-17(2)20(23-15-16)25-10-12-26(13-11-25)21(27)18-6-8-19(9-7-18)22(3,4)24-30(5,28)29/h6-9,14-15,24H,10-13H2,1-5H3. The number of sulfonamides is 1. The molecule has 0 radical (unpaired) electrons. The largest absolute Gasteiger partial charge is 0.353 e. The van der Waals surface area contributed by atoms with E-state index in [4.69, 9.17) is 0 Å². The summed E-state index contributed by atoms with van der Waals surface area (Å²) in [6.07, 6.45) is 3.02. The fourth-order valence-electron chi connectivity index (χ4n) is 3.89. The maximum atomic E-state index is 12.9. The fourth-order valence-corrected chi connectivity index (χ4v) is 4.94. The summed E-state index contributed by atoms with van der Waals surface area (Å²) in [6.45, 7) is 10.4. The molecule has 1 aromatic heterocycles. The Morgan fingerprint density at radius 2 is 1.67 bits per heavy atom. The van der Waals surface area contributed by atoms with Crippen molar-refractivity contribution in [3.05, 3.63) is 58.8 Å². The second-order valence-corrected chi connectivity index (χ2v) is 10.3. The topological polar surface area (TPSA) is 82.6 Å². The highest BCUT2D eigenvalue weighted by molar-refractivity contribution is 7.88. The Balaban J connectivity index is 1.65. The second-order valence-electron chi connectivity index (χ2n) is 8.51. The molecule has 8 heteroatoms. The fraction of sp³-hybridized carbons (Fsp3) is 0.455. The van der Waals surface area contributed by atoms with Gasteiger partial charge in [-0.3, -0.25) is 4.79 Å². The molecule has 0 unspecified atom stereocenters. The van der Waals surface area contributed by atoms with E-state index >= 15 is 0 Å². The molecule has 0 spiro atoms. The Morgan fingerprint density at radius 3 is 2.20 bits per heavy atom. The van der Waals surface area contributed by atoms with Crippen LogP contribution in [0.4, 0.5) is 5.82 Å². The molecule has 30 heavy (non-hydrogen) atoms. The molecule has 0 bridgehead atoms. The number of hydrogen-bond donors (Lipinski definition) is 1. The summed E-state index contributed by atoms with van der Waals surface area (Å²) in [7, 11) is -3.34. The molecule has 2 heterocycles. The van der Waals surface area contributed by atoms with Gasteiger partial charge in [0.05, 0.1) is 11.8 Å². The van der Waals surface area contributed by atoms with E-state index in [1.54, 1.807) is 38.1 Å². The van der Waals surface area contributed by atoms with Gasteiger partial charge >= 0.3 is 0 Å². The first kappa shape index (κ1) is 22.2. The van der Waals surface area contributed by atoms with Crippen LogP contribution in [0.15, 0.2) is 36.5 Å². The first-order valence-electron chi connectivity index (χ1n) is 10.0. The summed E-state index contributed by atoms with van der Waals surface area (Å²) in [5.74, 6) is 0.973. The Kier molecular flexibility index (Phi) is 6.19. The average Bonchev–Trinajstić information content (AvgIpc) is 2.66. The van der Waals surface area contributed by atoms with Gasteiger partial charge in [0, 0.05) is 37.9 Å². The number of benzene rings is 1. The SMILES string of the molecule is Cc1cnc(N2CCN(C(=O)c3ccc(C(C)(C)NS(C)(=O)=O)cc3)CC2)c(C)c1. The normalized spacial score (nSPS) is 15.4. The molecule has 1 N–H and O–H groups in total. The summed E-state index contributed by atoms with van der Waals surface area (Å²) >= 11 is 0. The molecule has 7 nitrogen and oxygen atoms in total. The van der Waals surface area contributed by atoms with E-state index in [-0.39, 0.29) is 5.91 Å². The minimum absolute atomic E-state index is 0.0105. The number of aryl methyl sites for hydroxylation is 2. The van der Waals surface area contributed by atoms with Crippen molar-refractivity contribution in [2.45, 2.75) is 33.2 Å². The van der Waals surface area contributed by atoms with Gasteiger partial charge in [0.1, 0.15) is 5.82 Å². The number of nitrogens with zero attached hydrogens (tertiary/aromatic N) is 3. The summed E-state index contributed by atoms with van der Waals surface area (Å²) < 4.78 is 25.8. The molecule has 162 valence electrons. The molecule has 1 aliphatic heterocycles. The molecule has 3 rings (SSSR count). The predicted octanol–water partition coefficient (Wildman–Crippen LogP) is 2.45. The monoisotopic (exact) mass is 430 g/mol. The van der Waals surface area contributed by atoms with Crippen molar-refractivity contribution in [1.82, 2.24) is 14.6 Å². The molecule has 0 saturated carbocycles. The highest BCUT2D eigenvalue weighted by Crippen LogP contribution is 2.23. The number of anilines is 1. The Morgan fingerprint density at radius 1 is 1.07 bits per heavy atom. The Hall–Kier alpha value is -2.45. The van der Waals surface area contributed by atoms with E-state index in [0.29, 0.717) is 18.7 Å². The van der Waals surface area contributed by atoms with Crippen molar-refractivity contribution in [3.63, 3.8) is 0 Å². The van der Waals surface area contributed by atoms with E-state index < -0.39 is 15.6 Å². The van der Waals surface area contributed by atoms with E-state index in [1.807, 2.05) is 18.0 Å². The number of aromatic nitrogens is 1. The minimum atomic E-state index is -3.34. The quantitative estimate of drug-likeness (QED) is 0.788. The molecule has 1 saturated heterocycles. The van der Waals surface area contributed by atoms with Gasteiger partial charge in [-0.1, -0.05) is 18.2 Å². The molecule has 1 aromatic carbocycles. The third-order valence-electron chi connectivity index (χ3n) is 5.35. The van der Waals surface area contributed by atoms with Crippen LogP contribution in [0.25, 0.3) is 0 Å². The zero-order valence-corrected chi connectivity index (χ0v) is 19.1. The zero-order valence-electron chi connectivity index (χ0n) is 18.3. The van der Waals surface area contributed by atoms with Crippen LogP contribution >= 0.6 is 0 Å². The van der Waals surface area contributed by atoms with Gasteiger partial charge in [0.15, 0.2) is 0 Å². The smallest absolute Gasteiger partial charge is 0.253 e. The first-order valence-corrected chi connectivity index (χ1v) is 11.9. The maximum absolute atomic E-state index is 12.9. The van der Waals surface area contributed by atoms with Gasteiger partial charge < -0.3 is 9.80 Å². The molecular formula is C22H30N4O3S. The lowest BCUT2D eigenvalue weighted by Crippen LogP contribution is -2.49. The van der Waals surface area contributed by atoms with Crippen LogP contribution in [-0.2, 0) is 15.6 Å². The molecule has 0 atom stereocenters. The van der Waals surface area contributed by atoms with Crippen LogP contribution in [0.2, 0.25) is 0 Å². The predicted molar refractivity (Wildman–Crippen MR) is 119 cm³/mol. The number of rotatable bonds is 5. The highest BCUT2D eigenvalue weighted by Gasteiger charge is 2.26. The number of hydrogen-bond acceptors (Lipinski definition) is 5. The van der Waals surface area contributed by atoms with E-state index in [0.717, 1.165) is 41.9 Å². The van der Waals surface area contributed by atoms with E-state index in [2.05, 4.69) is 27.6 Å². The van der Waals surface area contributed by atoms with E-state index in [9.17, 15) is 13.2 Å². The minimum Gasteiger partial charge on any atom is -0.353 e. The van der Waals surface area contributed by atoms with Gasteiger partial charge in [0.25, 0.3) is 5.91 Å². The summed E-state index contributed by atoms with van der Waals surface area (Å²) in [5.41, 5.74) is 2.95. The van der Waals surface area contributed by atoms with Crippen molar-refractivity contribution in [3.8, 4) is 0 Å². The van der Waals surface area contributed by atoms with Gasteiger partial charge in [-0.05, 0) is 56.5 Å². The lowest BCUT2D eigenvalue weighted by atomic mass is 9.94. The second kappa shape index (κ2) is 8.35. The van der Waals surface area contributed by atoms with Gasteiger partial charge in [-0.25, -0.2) is 18.1 Å². The molecular weight excluding hydrogens is 400 g/mol. The molecule has 1 fully saturated rings. The third kappa shape index (κ3) is 5.17. The van der Waals surface area contributed by atoms with Crippen LogP contribution in [0.5, 0.6) is 0 Å². The van der Waals surface area contributed by atoms with Gasteiger partial charge in [0.2, 0.25) is 10.0 Å². The number of pyridine rings is 1. The van der Waals surface area contributed by atoms with Crippen LogP contribution < -0.4 is 9.62 Å². The first-order chi connectivity index (χ1) is 14.0. The number of carbonyl (C=O) groups is 1. The lowest BCUT2D eigenvalue weighted by Gasteiger charge is -2.36. The average molecular weight is 431 g/mol. The number of carbonyl (C=O) groups excluding carboxylic acids is 1. The van der Waals surface area contributed by atoms with Crippen molar-refractivity contribution in [2.75, 3.05) is 37.3 Å². The van der Waals surface area contributed by atoms with Crippen molar-refractivity contribution in [1.29, 1.82) is 0 Å². The zero-order chi connectivity index (χ0) is 22.1. The van der Waals surface area contributed by atoms with Gasteiger partial charge in [-0.15, -0.1) is 0 Å². The highest BCUT2D eigenvalue weighted by atomic mass is 32.2.